The molecule has 2 aromatic carbocycles. The lowest BCUT2D eigenvalue weighted by Gasteiger charge is -2.35. The Balaban J connectivity index is 1.59. The Morgan fingerprint density at radius 3 is 1.14 bits per heavy atom. The van der Waals surface area contributed by atoms with Gasteiger partial charge in [-0.3, -0.25) is 9.59 Å². The fourth-order valence-corrected chi connectivity index (χ4v) is 3.28. The summed E-state index contributed by atoms with van der Waals surface area (Å²) < 4.78 is 0. The Kier molecular flexibility index (Phi) is 5.87. The largest absolute Gasteiger partial charge is 0.378 e. The Morgan fingerprint density at radius 1 is 0.607 bits per heavy atom. The number of nitrogens with zero attached hydrogens (tertiary/aromatic N) is 4. The molecule has 6 heteroatoms. The van der Waals surface area contributed by atoms with Crippen molar-refractivity contribution >= 4 is 23.2 Å². The highest BCUT2D eigenvalue weighted by molar-refractivity contribution is 5.96. The monoisotopic (exact) mass is 380 g/mol. The van der Waals surface area contributed by atoms with Crippen LogP contribution in [0.25, 0.3) is 0 Å². The first-order chi connectivity index (χ1) is 13.4. The minimum Gasteiger partial charge on any atom is -0.378 e. The quantitative estimate of drug-likeness (QED) is 0.817. The summed E-state index contributed by atoms with van der Waals surface area (Å²) in [7, 11) is 7.89. The Bertz CT molecular complexity index is 749. The standard InChI is InChI=1S/C22H28N4O2/c1-23(2)19-9-5-17(6-10-19)21(27)25-13-15-26(16-14-25)22(28)18-7-11-20(12-8-18)24(3)4/h5-12H,13-16H2,1-4H3. The van der Waals surface area contributed by atoms with Crippen LogP contribution in [0.5, 0.6) is 0 Å². The van der Waals surface area contributed by atoms with Crippen LogP contribution < -0.4 is 9.80 Å². The van der Waals surface area contributed by atoms with Crippen molar-refractivity contribution in [3.05, 3.63) is 59.7 Å². The normalized spacial score (nSPS) is 14.0. The lowest BCUT2D eigenvalue weighted by atomic mass is 10.1. The van der Waals surface area contributed by atoms with E-state index in [1.807, 2.05) is 96.3 Å². The molecular formula is C22H28N4O2. The van der Waals surface area contributed by atoms with Gasteiger partial charge in [0.05, 0.1) is 0 Å². The van der Waals surface area contributed by atoms with E-state index in [1.54, 1.807) is 0 Å². The summed E-state index contributed by atoms with van der Waals surface area (Å²) in [5, 5.41) is 0. The Labute approximate surface area is 166 Å². The lowest BCUT2D eigenvalue weighted by Crippen LogP contribution is -2.50. The van der Waals surface area contributed by atoms with Crippen LogP contribution >= 0.6 is 0 Å². The summed E-state index contributed by atoms with van der Waals surface area (Å²) in [6.45, 7) is 2.21. The number of amides is 2. The van der Waals surface area contributed by atoms with Crippen LogP contribution in [0.3, 0.4) is 0 Å². The van der Waals surface area contributed by atoms with Crippen LogP contribution in [0, 0.1) is 0 Å². The molecule has 1 heterocycles. The van der Waals surface area contributed by atoms with Crippen molar-refractivity contribution < 1.29 is 9.59 Å². The van der Waals surface area contributed by atoms with E-state index in [1.165, 1.54) is 0 Å². The van der Waals surface area contributed by atoms with Gasteiger partial charge < -0.3 is 19.6 Å². The van der Waals surface area contributed by atoms with Gasteiger partial charge in [-0.1, -0.05) is 0 Å². The molecule has 0 spiro atoms. The van der Waals surface area contributed by atoms with E-state index in [0.29, 0.717) is 37.3 Å². The average molecular weight is 380 g/mol. The van der Waals surface area contributed by atoms with E-state index in [9.17, 15) is 9.59 Å². The molecule has 0 atom stereocenters. The second kappa shape index (κ2) is 8.33. The third-order valence-electron chi connectivity index (χ3n) is 5.12. The number of piperazine rings is 1. The highest BCUT2D eigenvalue weighted by Gasteiger charge is 2.25. The minimum absolute atomic E-state index is 0.0211. The van der Waals surface area contributed by atoms with Crippen LogP contribution in [-0.4, -0.2) is 76.0 Å². The number of hydrogen-bond acceptors (Lipinski definition) is 4. The van der Waals surface area contributed by atoms with E-state index in [2.05, 4.69) is 0 Å². The van der Waals surface area contributed by atoms with Crippen LogP contribution in [0.15, 0.2) is 48.5 Å². The zero-order chi connectivity index (χ0) is 20.3. The summed E-state index contributed by atoms with van der Waals surface area (Å²) >= 11 is 0. The molecule has 0 unspecified atom stereocenters. The highest BCUT2D eigenvalue weighted by Crippen LogP contribution is 2.17. The molecule has 0 bridgehead atoms. The van der Waals surface area contributed by atoms with Gasteiger partial charge in [0.1, 0.15) is 0 Å². The predicted octanol–water partition coefficient (Wildman–Crippen LogP) is 2.42. The fraction of sp³-hybridized carbons (Fsp3) is 0.364. The molecule has 0 radical (unpaired) electrons. The molecule has 0 saturated carbocycles. The van der Waals surface area contributed by atoms with Crippen molar-refractivity contribution in [3.8, 4) is 0 Å². The Hall–Kier alpha value is -3.02. The predicted molar refractivity (Wildman–Crippen MR) is 113 cm³/mol. The maximum Gasteiger partial charge on any atom is 0.253 e. The fourth-order valence-electron chi connectivity index (χ4n) is 3.28. The number of hydrogen-bond donors (Lipinski definition) is 0. The van der Waals surface area contributed by atoms with Crippen molar-refractivity contribution in [2.24, 2.45) is 0 Å². The third-order valence-corrected chi connectivity index (χ3v) is 5.12. The van der Waals surface area contributed by atoms with Crippen molar-refractivity contribution in [2.45, 2.75) is 0 Å². The van der Waals surface area contributed by atoms with Gasteiger partial charge in [-0.25, -0.2) is 0 Å². The van der Waals surface area contributed by atoms with Crippen molar-refractivity contribution in [3.63, 3.8) is 0 Å². The molecule has 2 aromatic rings. The average Bonchev–Trinajstić information content (AvgIpc) is 2.73. The number of carbonyl (C=O) groups is 2. The van der Waals surface area contributed by atoms with Crippen molar-refractivity contribution in [1.82, 2.24) is 9.80 Å². The number of carbonyl (C=O) groups excluding carboxylic acids is 2. The summed E-state index contributed by atoms with van der Waals surface area (Å²) in [5.41, 5.74) is 3.49. The van der Waals surface area contributed by atoms with E-state index in [0.717, 1.165) is 11.4 Å². The van der Waals surface area contributed by atoms with Crippen LogP contribution in [-0.2, 0) is 0 Å². The SMILES string of the molecule is CN(C)c1ccc(C(=O)N2CCN(C(=O)c3ccc(N(C)C)cc3)CC2)cc1. The van der Waals surface area contributed by atoms with Gasteiger partial charge in [0.2, 0.25) is 0 Å². The highest BCUT2D eigenvalue weighted by atomic mass is 16.2. The number of rotatable bonds is 4. The van der Waals surface area contributed by atoms with Gasteiger partial charge in [0.25, 0.3) is 11.8 Å². The molecule has 2 amide bonds. The van der Waals surface area contributed by atoms with E-state index < -0.39 is 0 Å². The summed E-state index contributed by atoms with van der Waals surface area (Å²) in [6.07, 6.45) is 0. The summed E-state index contributed by atoms with van der Waals surface area (Å²) in [5.74, 6) is 0.0421. The molecule has 0 aromatic heterocycles. The van der Waals surface area contributed by atoms with Crippen LogP contribution in [0.2, 0.25) is 0 Å². The molecule has 1 fully saturated rings. The first-order valence-electron chi connectivity index (χ1n) is 9.50. The first-order valence-corrected chi connectivity index (χ1v) is 9.50. The Morgan fingerprint density at radius 2 is 0.893 bits per heavy atom. The first kappa shape index (κ1) is 19.7. The number of anilines is 2. The maximum absolute atomic E-state index is 12.7. The van der Waals surface area contributed by atoms with Gasteiger partial charge in [0, 0.05) is 76.9 Å². The molecule has 1 aliphatic heterocycles. The third kappa shape index (κ3) is 4.27. The zero-order valence-corrected chi connectivity index (χ0v) is 17.1. The van der Waals surface area contributed by atoms with Gasteiger partial charge in [-0.05, 0) is 48.5 Å². The van der Waals surface area contributed by atoms with E-state index >= 15 is 0 Å². The molecule has 148 valence electrons. The lowest BCUT2D eigenvalue weighted by molar-refractivity contribution is 0.0535. The van der Waals surface area contributed by atoms with Gasteiger partial charge >= 0.3 is 0 Å². The molecule has 28 heavy (non-hydrogen) atoms. The van der Waals surface area contributed by atoms with Gasteiger partial charge in [-0.15, -0.1) is 0 Å². The number of benzene rings is 2. The van der Waals surface area contributed by atoms with Crippen molar-refractivity contribution in [1.29, 1.82) is 0 Å². The maximum atomic E-state index is 12.7. The molecule has 0 N–H and O–H groups in total. The van der Waals surface area contributed by atoms with Gasteiger partial charge in [-0.2, -0.15) is 0 Å². The minimum atomic E-state index is 0.0211. The molecule has 1 aliphatic rings. The summed E-state index contributed by atoms with van der Waals surface area (Å²) in [4.78, 5) is 33.1. The molecule has 1 saturated heterocycles. The molecular weight excluding hydrogens is 352 g/mol. The molecule has 3 rings (SSSR count). The molecule has 0 aliphatic carbocycles. The van der Waals surface area contributed by atoms with E-state index in [-0.39, 0.29) is 11.8 Å². The van der Waals surface area contributed by atoms with Crippen molar-refractivity contribution in [2.75, 3.05) is 64.2 Å². The molecule has 6 nitrogen and oxygen atoms in total. The van der Waals surface area contributed by atoms with E-state index in [4.69, 9.17) is 0 Å². The van der Waals surface area contributed by atoms with Gasteiger partial charge in [0.15, 0.2) is 0 Å². The van der Waals surface area contributed by atoms with Crippen LogP contribution in [0.1, 0.15) is 20.7 Å². The zero-order valence-electron chi connectivity index (χ0n) is 17.1. The second-order valence-corrected chi connectivity index (χ2v) is 7.47. The van der Waals surface area contributed by atoms with Crippen LogP contribution in [0.4, 0.5) is 11.4 Å². The second-order valence-electron chi connectivity index (χ2n) is 7.47. The smallest absolute Gasteiger partial charge is 0.253 e. The topological polar surface area (TPSA) is 47.1 Å². The summed E-state index contributed by atoms with van der Waals surface area (Å²) in [6, 6.07) is 15.2.